The molecule has 1 aromatic heterocycles. The van der Waals surface area contributed by atoms with E-state index >= 15 is 0 Å². The predicted octanol–water partition coefficient (Wildman–Crippen LogP) is 0.726. The largest absolute Gasteiger partial charge is 0.411 e. The van der Waals surface area contributed by atoms with Gasteiger partial charge in [-0.15, -0.1) is 5.10 Å². The molecular weight excluding hydrogens is 273 g/mol. The van der Waals surface area contributed by atoms with E-state index in [4.69, 9.17) is 5.11 Å². The molecule has 18 heavy (non-hydrogen) atoms. The van der Waals surface area contributed by atoms with Gasteiger partial charge in [-0.2, -0.15) is 13.2 Å². The molecule has 0 saturated carbocycles. The Balaban J connectivity index is 2.12. The number of halogens is 3. The van der Waals surface area contributed by atoms with Crippen LogP contribution >= 0.6 is 11.8 Å². The first-order chi connectivity index (χ1) is 8.53. The molecule has 0 bridgehead atoms. The molecule has 0 fully saturated rings. The molecule has 0 radical (unpaired) electrons. The van der Waals surface area contributed by atoms with Gasteiger partial charge >= 0.3 is 6.18 Å². The lowest BCUT2D eigenvalue weighted by Crippen LogP contribution is -2.17. The molecule has 1 rings (SSSR count). The maximum Gasteiger partial charge on any atom is 0.411 e. The first-order valence-corrected chi connectivity index (χ1v) is 6.16. The van der Waals surface area contributed by atoms with Crippen molar-refractivity contribution in [2.24, 2.45) is 0 Å². The lowest BCUT2D eigenvalue weighted by Gasteiger charge is -2.07. The number of nitrogens with zero attached hydrogens (tertiary/aromatic N) is 4. The fraction of sp³-hybridized carbons (Fsp3) is 0.875. The van der Waals surface area contributed by atoms with E-state index in [0.717, 1.165) is 0 Å². The Morgan fingerprint density at radius 1 is 1.39 bits per heavy atom. The smallest absolute Gasteiger partial charge is 0.394 e. The summed E-state index contributed by atoms with van der Waals surface area (Å²) < 4.78 is 41.1. The highest BCUT2D eigenvalue weighted by molar-refractivity contribution is 7.99. The third kappa shape index (κ3) is 6.17. The minimum atomic E-state index is -4.28. The fourth-order valence-electron chi connectivity index (χ4n) is 1.05. The van der Waals surface area contributed by atoms with Gasteiger partial charge in [0.1, 0.15) is 6.61 Å². The van der Waals surface area contributed by atoms with Crippen molar-refractivity contribution >= 4 is 11.8 Å². The van der Waals surface area contributed by atoms with Crippen molar-refractivity contribution in [2.75, 3.05) is 25.6 Å². The Morgan fingerprint density at radius 3 is 2.83 bits per heavy atom. The van der Waals surface area contributed by atoms with E-state index < -0.39 is 12.8 Å². The number of hydrogen-bond donors (Lipinski definition) is 1. The number of hydrogen-bond acceptors (Lipinski definition) is 6. The Bertz CT molecular complexity index is 347. The normalized spacial score (nSPS) is 12.0. The van der Waals surface area contributed by atoms with Crippen LogP contribution in [0.2, 0.25) is 0 Å². The SMILES string of the molecule is OCCn1nnnc1SCCCOCC(F)(F)F. The Kier molecular flexibility index (Phi) is 6.36. The summed E-state index contributed by atoms with van der Waals surface area (Å²) in [6.07, 6.45) is -3.81. The number of aliphatic hydroxyl groups is 1. The number of alkyl halides is 3. The third-order valence-electron chi connectivity index (χ3n) is 1.74. The van der Waals surface area contributed by atoms with E-state index in [1.807, 2.05) is 0 Å². The van der Waals surface area contributed by atoms with Crippen molar-refractivity contribution in [3.8, 4) is 0 Å². The number of ether oxygens (including phenoxy) is 1. The summed E-state index contributed by atoms with van der Waals surface area (Å²) in [6.45, 7) is -0.971. The van der Waals surface area contributed by atoms with Crippen LogP contribution < -0.4 is 0 Å². The minimum Gasteiger partial charge on any atom is -0.394 e. The molecule has 0 saturated heterocycles. The maximum absolute atomic E-state index is 11.7. The third-order valence-corrected chi connectivity index (χ3v) is 2.78. The lowest BCUT2D eigenvalue weighted by molar-refractivity contribution is -0.173. The molecule has 0 amide bonds. The molecule has 104 valence electrons. The first kappa shape index (κ1) is 15.2. The summed E-state index contributed by atoms with van der Waals surface area (Å²) in [5.41, 5.74) is 0. The van der Waals surface area contributed by atoms with Gasteiger partial charge in [-0.25, -0.2) is 4.68 Å². The highest BCUT2D eigenvalue weighted by atomic mass is 32.2. The second-order valence-corrected chi connectivity index (χ2v) is 4.34. The maximum atomic E-state index is 11.7. The monoisotopic (exact) mass is 286 g/mol. The van der Waals surface area contributed by atoms with E-state index in [0.29, 0.717) is 23.9 Å². The second kappa shape index (κ2) is 7.54. The van der Waals surface area contributed by atoms with Crippen molar-refractivity contribution in [2.45, 2.75) is 24.3 Å². The van der Waals surface area contributed by atoms with Crippen molar-refractivity contribution in [1.82, 2.24) is 20.2 Å². The van der Waals surface area contributed by atoms with Gasteiger partial charge in [0.05, 0.1) is 13.2 Å². The number of thioether (sulfide) groups is 1. The Morgan fingerprint density at radius 2 is 2.17 bits per heavy atom. The average Bonchev–Trinajstić information content (AvgIpc) is 2.70. The topological polar surface area (TPSA) is 73.1 Å². The molecule has 0 atom stereocenters. The first-order valence-electron chi connectivity index (χ1n) is 5.17. The summed E-state index contributed by atoms with van der Waals surface area (Å²) in [5, 5.41) is 20.1. The van der Waals surface area contributed by atoms with Crippen LogP contribution in [-0.4, -0.2) is 57.1 Å². The zero-order chi connectivity index (χ0) is 13.4. The fourth-order valence-corrected chi connectivity index (χ4v) is 1.86. The van der Waals surface area contributed by atoms with Crippen molar-refractivity contribution in [3.63, 3.8) is 0 Å². The molecule has 0 aliphatic carbocycles. The van der Waals surface area contributed by atoms with Crippen LogP contribution in [0.25, 0.3) is 0 Å². The molecule has 0 unspecified atom stereocenters. The molecular formula is C8H13F3N4O2S. The van der Waals surface area contributed by atoms with E-state index in [9.17, 15) is 13.2 Å². The van der Waals surface area contributed by atoms with Crippen LogP contribution in [0.15, 0.2) is 5.16 Å². The van der Waals surface area contributed by atoms with E-state index in [-0.39, 0.29) is 13.2 Å². The van der Waals surface area contributed by atoms with E-state index in [2.05, 4.69) is 20.3 Å². The van der Waals surface area contributed by atoms with Gasteiger partial charge in [-0.05, 0) is 16.8 Å². The van der Waals surface area contributed by atoms with Gasteiger partial charge < -0.3 is 9.84 Å². The summed E-state index contributed by atoms with van der Waals surface area (Å²) >= 11 is 1.31. The lowest BCUT2D eigenvalue weighted by atomic mass is 10.5. The molecule has 1 aromatic rings. The van der Waals surface area contributed by atoms with Gasteiger partial charge in [0, 0.05) is 12.4 Å². The zero-order valence-corrected chi connectivity index (χ0v) is 10.2. The summed E-state index contributed by atoms with van der Waals surface area (Å²) in [5.74, 6) is 0.545. The summed E-state index contributed by atoms with van der Waals surface area (Å²) in [6, 6.07) is 0. The molecule has 0 spiro atoms. The molecule has 1 heterocycles. The highest BCUT2D eigenvalue weighted by Gasteiger charge is 2.27. The number of rotatable bonds is 8. The average molecular weight is 286 g/mol. The van der Waals surface area contributed by atoms with Gasteiger partial charge in [-0.1, -0.05) is 11.8 Å². The summed E-state index contributed by atoms with van der Waals surface area (Å²) in [7, 11) is 0. The Hall–Kier alpha value is -0.870. The standard InChI is InChI=1S/C8H13F3N4O2S/c9-8(10,11)6-17-4-1-5-18-7-12-13-14-15(7)2-3-16/h16H,1-6H2. The Labute approximate surface area is 105 Å². The number of aliphatic hydroxyl groups excluding tert-OH is 1. The minimum absolute atomic E-state index is 0.0358. The van der Waals surface area contributed by atoms with Crippen LogP contribution in [0, 0.1) is 0 Å². The van der Waals surface area contributed by atoms with Crippen LogP contribution in [0.5, 0.6) is 0 Å². The van der Waals surface area contributed by atoms with Gasteiger partial charge in [0.25, 0.3) is 0 Å². The van der Waals surface area contributed by atoms with Gasteiger partial charge in [0.15, 0.2) is 0 Å². The predicted molar refractivity (Wildman–Crippen MR) is 57.1 cm³/mol. The van der Waals surface area contributed by atoms with E-state index in [1.165, 1.54) is 16.4 Å². The second-order valence-electron chi connectivity index (χ2n) is 3.28. The molecule has 10 heteroatoms. The zero-order valence-electron chi connectivity index (χ0n) is 9.43. The quantitative estimate of drug-likeness (QED) is 0.561. The summed E-state index contributed by atoms with van der Waals surface area (Å²) in [4.78, 5) is 0. The molecule has 0 aliphatic heterocycles. The van der Waals surface area contributed by atoms with Crippen LogP contribution in [0.3, 0.4) is 0 Å². The van der Waals surface area contributed by atoms with E-state index in [1.54, 1.807) is 0 Å². The molecule has 1 N–H and O–H groups in total. The number of tetrazole rings is 1. The van der Waals surface area contributed by atoms with Gasteiger partial charge in [-0.3, -0.25) is 0 Å². The van der Waals surface area contributed by atoms with Crippen molar-refractivity contribution in [3.05, 3.63) is 0 Å². The number of aromatic nitrogens is 4. The highest BCUT2D eigenvalue weighted by Crippen LogP contribution is 2.16. The van der Waals surface area contributed by atoms with Crippen LogP contribution in [0.1, 0.15) is 6.42 Å². The molecule has 0 aromatic carbocycles. The molecule has 6 nitrogen and oxygen atoms in total. The van der Waals surface area contributed by atoms with Crippen LogP contribution in [-0.2, 0) is 11.3 Å². The van der Waals surface area contributed by atoms with Crippen molar-refractivity contribution in [1.29, 1.82) is 0 Å². The van der Waals surface area contributed by atoms with Crippen molar-refractivity contribution < 1.29 is 23.0 Å². The molecule has 0 aliphatic rings. The van der Waals surface area contributed by atoms with Gasteiger partial charge in [0.2, 0.25) is 5.16 Å². The van der Waals surface area contributed by atoms with Crippen LogP contribution in [0.4, 0.5) is 13.2 Å².